The number of esters is 4. The van der Waals surface area contributed by atoms with Crippen LogP contribution in [0.1, 0.15) is 33.6 Å². The van der Waals surface area contributed by atoms with E-state index in [0.717, 1.165) is 6.92 Å². The minimum Gasteiger partial charge on any atom is -0.466 e. The van der Waals surface area contributed by atoms with Crippen molar-refractivity contribution in [3.8, 4) is 0 Å². The van der Waals surface area contributed by atoms with Crippen LogP contribution in [-0.2, 0) is 42.9 Å². The average molecular weight is 434 g/mol. The van der Waals surface area contributed by atoms with Gasteiger partial charge in [-0.15, -0.1) is 0 Å². The average Bonchev–Trinajstić information content (AvgIpc) is 3.28. The Morgan fingerprint density at radius 1 is 1.23 bits per heavy atom. The van der Waals surface area contributed by atoms with Crippen LogP contribution in [-0.4, -0.2) is 61.0 Å². The van der Waals surface area contributed by atoms with E-state index in [0.29, 0.717) is 12.8 Å². The zero-order chi connectivity index (χ0) is 23.1. The lowest BCUT2D eigenvalue weighted by molar-refractivity contribution is -0.168. The first-order valence-corrected chi connectivity index (χ1v) is 9.90. The zero-order valence-electron chi connectivity index (χ0n) is 18.0. The van der Waals surface area contributed by atoms with Crippen molar-refractivity contribution in [3.63, 3.8) is 0 Å². The lowest BCUT2D eigenvalue weighted by Crippen LogP contribution is -2.48. The monoisotopic (exact) mass is 434 g/mol. The second-order valence-electron chi connectivity index (χ2n) is 8.14. The molecule has 3 aliphatic rings. The molecular formula is C22H26O9. The molecule has 6 atom stereocenters. The molecule has 0 N–H and O–H groups in total. The fraction of sp³-hybridized carbons (Fsp3) is 0.545. The number of fused-ring (bicyclic) bond motifs is 3. The highest BCUT2D eigenvalue weighted by atomic mass is 16.7. The number of hydrogen-bond donors (Lipinski definition) is 0. The first-order chi connectivity index (χ1) is 14.5. The molecule has 9 nitrogen and oxygen atoms in total. The van der Waals surface area contributed by atoms with Crippen LogP contribution in [0.15, 0.2) is 36.0 Å². The molecule has 0 saturated carbocycles. The summed E-state index contributed by atoms with van der Waals surface area (Å²) in [5.74, 6) is -3.84. The number of ether oxygens (including phenoxy) is 5. The van der Waals surface area contributed by atoms with E-state index in [9.17, 15) is 19.2 Å². The summed E-state index contributed by atoms with van der Waals surface area (Å²) in [6.45, 7) is 11.9. The van der Waals surface area contributed by atoms with Gasteiger partial charge in [-0.3, -0.25) is 4.79 Å². The Labute approximate surface area is 180 Å². The Kier molecular flexibility index (Phi) is 6.09. The molecule has 1 aliphatic carbocycles. The van der Waals surface area contributed by atoms with Crippen LogP contribution in [0, 0.1) is 5.92 Å². The first kappa shape index (κ1) is 22.7. The van der Waals surface area contributed by atoms with Crippen LogP contribution < -0.4 is 0 Å². The van der Waals surface area contributed by atoms with Crippen LogP contribution in [0.5, 0.6) is 0 Å². The van der Waals surface area contributed by atoms with E-state index < -0.39 is 59.8 Å². The van der Waals surface area contributed by atoms with Crippen molar-refractivity contribution < 1.29 is 42.9 Å². The number of methoxy groups -OCH3 is 1. The summed E-state index contributed by atoms with van der Waals surface area (Å²) in [7, 11) is 1.19. The standard InChI is InChI=1S/C22H26O9/c1-10(2)19(24)29-16-14-11(3)20(25)30-17(14)18-22(5,31-18)9-7-8-13(21(26)27-6)15(16)28-12(4)23/h8,14-18H,1,3,7,9H2,2,4-6H3/b13-8+/t14-,15?,16-,17+,18-,22-/m1/s1. The van der Waals surface area contributed by atoms with E-state index in [1.54, 1.807) is 6.08 Å². The molecule has 168 valence electrons. The Bertz CT molecular complexity index is 885. The van der Waals surface area contributed by atoms with Crippen molar-refractivity contribution in [2.75, 3.05) is 7.11 Å². The molecule has 0 aromatic heterocycles. The molecule has 0 aromatic carbocycles. The smallest absolute Gasteiger partial charge is 0.337 e. The van der Waals surface area contributed by atoms with Crippen LogP contribution >= 0.6 is 0 Å². The third-order valence-electron chi connectivity index (χ3n) is 5.77. The fourth-order valence-electron chi connectivity index (χ4n) is 4.10. The third-order valence-corrected chi connectivity index (χ3v) is 5.77. The van der Waals surface area contributed by atoms with E-state index in [-0.39, 0.29) is 16.7 Å². The van der Waals surface area contributed by atoms with Crippen molar-refractivity contribution >= 4 is 23.9 Å². The molecule has 31 heavy (non-hydrogen) atoms. The lowest BCUT2D eigenvalue weighted by Gasteiger charge is -2.33. The molecule has 2 saturated heterocycles. The van der Waals surface area contributed by atoms with Crippen molar-refractivity contribution in [3.05, 3.63) is 36.0 Å². The predicted octanol–water partition coefficient (Wildman–Crippen LogP) is 1.55. The summed E-state index contributed by atoms with van der Waals surface area (Å²) in [6, 6.07) is 0. The minimum atomic E-state index is -1.35. The molecule has 1 unspecified atom stereocenters. The van der Waals surface area contributed by atoms with Crippen molar-refractivity contribution in [1.29, 1.82) is 0 Å². The minimum absolute atomic E-state index is 0.00851. The van der Waals surface area contributed by atoms with Gasteiger partial charge in [0.05, 0.1) is 24.2 Å². The van der Waals surface area contributed by atoms with Crippen molar-refractivity contribution in [1.82, 2.24) is 0 Å². The van der Waals surface area contributed by atoms with E-state index in [2.05, 4.69) is 13.2 Å². The summed E-state index contributed by atoms with van der Waals surface area (Å²) in [6.07, 6.45) is -1.45. The maximum absolute atomic E-state index is 12.6. The van der Waals surface area contributed by atoms with Gasteiger partial charge in [-0.05, 0) is 26.7 Å². The number of allylic oxidation sites excluding steroid dienone is 1. The normalized spacial score (nSPS) is 36.0. The molecule has 3 rings (SSSR count). The molecule has 2 heterocycles. The quantitative estimate of drug-likeness (QED) is 0.281. The highest BCUT2D eigenvalue weighted by Gasteiger charge is 2.64. The second-order valence-corrected chi connectivity index (χ2v) is 8.14. The van der Waals surface area contributed by atoms with Gasteiger partial charge in [0, 0.05) is 18.1 Å². The van der Waals surface area contributed by atoms with E-state index >= 15 is 0 Å². The van der Waals surface area contributed by atoms with E-state index in [1.165, 1.54) is 14.0 Å². The van der Waals surface area contributed by atoms with Gasteiger partial charge in [-0.1, -0.05) is 19.2 Å². The maximum Gasteiger partial charge on any atom is 0.337 e. The summed E-state index contributed by atoms with van der Waals surface area (Å²) >= 11 is 0. The maximum atomic E-state index is 12.6. The lowest BCUT2D eigenvalue weighted by atomic mass is 9.80. The molecule has 0 bridgehead atoms. The van der Waals surface area contributed by atoms with Gasteiger partial charge in [0.1, 0.15) is 12.2 Å². The Morgan fingerprint density at radius 3 is 2.48 bits per heavy atom. The number of rotatable bonds is 4. The van der Waals surface area contributed by atoms with Gasteiger partial charge in [-0.2, -0.15) is 0 Å². The number of carbonyl (C=O) groups excluding carboxylic acids is 4. The fourth-order valence-corrected chi connectivity index (χ4v) is 4.10. The van der Waals surface area contributed by atoms with Gasteiger partial charge in [0.2, 0.25) is 0 Å². The first-order valence-electron chi connectivity index (χ1n) is 9.90. The summed E-state index contributed by atoms with van der Waals surface area (Å²) in [4.78, 5) is 49.5. The molecule has 0 aromatic rings. The summed E-state index contributed by atoms with van der Waals surface area (Å²) < 4.78 is 27.4. The molecular weight excluding hydrogens is 408 g/mol. The summed E-state index contributed by atoms with van der Waals surface area (Å²) in [5, 5.41) is 0. The molecule has 9 heteroatoms. The SMILES string of the molecule is C=C(C)C(=O)O[C@H]1C(OC(C)=O)/C(C(=O)OC)=C\CC[C@@]2(C)O[C@@H]2[C@H]2OC(=O)C(=C)[C@@H]21. The van der Waals surface area contributed by atoms with Crippen molar-refractivity contribution in [2.24, 2.45) is 5.92 Å². The summed E-state index contributed by atoms with van der Waals surface area (Å²) in [5.41, 5.74) is -0.486. The molecule has 2 fully saturated rings. The van der Waals surface area contributed by atoms with Gasteiger partial charge < -0.3 is 23.7 Å². The number of hydrogen-bond acceptors (Lipinski definition) is 9. The van der Waals surface area contributed by atoms with Crippen LogP contribution in [0.2, 0.25) is 0 Å². The van der Waals surface area contributed by atoms with Gasteiger partial charge in [-0.25, -0.2) is 14.4 Å². The molecule has 0 radical (unpaired) electrons. The second kappa shape index (κ2) is 8.30. The third kappa shape index (κ3) is 4.27. The largest absolute Gasteiger partial charge is 0.466 e. The van der Waals surface area contributed by atoms with E-state index in [1.807, 2.05) is 6.92 Å². The highest BCUT2D eigenvalue weighted by Crippen LogP contribution is 2.50. The van der Waals surface area contributed by atoms with Crippen LogP contribution in [0.4, 0.5) is 0 Å². The van der Waals surface area contributed by atoms with Gasteiger partial charge >= 0.3 is 23.9 Å². The topological polar surface area (TPSA) is 118 Å². The zero-order valence-corrected chi connectivity index (χ0v) is 18.0. The Balaban J connectivity index is 2.17. The van der Waals surface area contributed by atoms with Gasteiger partial charge in [0.15, 0.2) is 12.2 Å². The predicted molar refractivity (Wildman–Crippen MR) is 105 cm³/mol. The molecule has 2 aliphatic heterocycles. The Morgan fingerprint density at radius 2 is 1.90 bits per heavy atom. The van der Waals surface area contributed by atoms with Crippen LogP contribution in [0.25, 0.3) is 0 Å². The van der Waals surface area contributed by atoms with Gasteiger partial charge in [0.25, 0.3) is 0 Å². The van der Waals surface area contributed by atoms with E-state index in [4.69, 9.17) is 23.7 Å². The van der Waals surface area contributed by atoms with Crippen molar-refractivity contribution in [2.45, 2.75) is 63.6 Å². The molecule has 0 spiro atoms. The van der Waals surface area contributed by atoms with Crippen LogP contribution in [0.3, 0.4) is 0 Å². The number of carbonyl (C=O) groups is 4. The molecule has 0 amide bonds. The highest BCUT2D eigenvalue weighted by molar-refractivity contribution is 5.93. The number of epoxide rings is 1. The Hall–Kier alpha value is -2.94.